The second-order valence-electron chi connectivity index (χ2n) is 5.97. The predicted octanol–water partition coefficient (Wildman–Crippen LogP) is 2.57. The van der Waals surface area contributed by atoms with Gasteiger partial charge in [-0.1, -0.05) is 6.07 Å². The Hall–Kier alpha value is -1.06. The number of rotatable bonds is 5. The fraction of sp³-hybridized carbons (Fsp3) is 0.647. The zero-order chi connectivity index (χ0) is 13.8. The number of aryl methyl sites for hydroxylation is 2. The third kappa shape index (κ3) is 3.15. The maximum atomic E-state index is 6.02. The molecule has 3 rings (SSSR count). The average Bonchev–Trinajstić information content (AvgIpc) is 3.02. The zero-order valence-corrected chi connectivity index (χ0v) is 12.4. The maximum Gasteiger partial charge on any atom is 0.119 e. The lowest BCUT2D eigenvalue weighted by Gasteiger charge is -2.23. The highest BCUT2D eigenvalue weighted by Gasteiger charge is 2.25. The summed E-state index contributed by atoms with van der Waals surface area (Å²) in [7, 11) is 2.01. The topological polar surface area (TPSA) is 30.5 Å². The van der Waals surface area contributed by atoms with E-state index in [1.807, 2.05) is 7.05 Å². The second-order valence-corrected chi connectivity index (χ2v) is 5.97. The Balaban J connectivity index is 1.59. The first-order valence-corrected chi connectivity index (χ1v) is 7.86. The van der Waals surface area contributed by atoms with Crippen molar-refractivity contribution in [2.24, 2.45) is 5.92 Å². The van der Waals surface area contributed by atoms with E-state index in [4.69, 9.17) is 9.47 Å². The standard InChI is InChI=1S/C17H25NO2/c1-18-17(15-8-9-19-11-15)12-20-16-7-6-13-4-2-3-5-14(13)10-16/h6-7,10,15,17-18H,2-5,8-9,11-12H2,1H3. The molecule has 110 valence electrons. The van der Waals surface area contributed by atoms with Crippen LogP contribution in [0.2, 0.25) is 0 Å². The number of hydrogen-bond donors (Lipinski definition) is 1. The Morgan fingerprint density at radius 2 is 2.15 bits per heavy atom. The van der Waals surface area contributed by atoms with E-state index in [2.05, 4.69) is 23.5 Å². The van der Waals surface area contributed by atoms with Crippen molar-refractivity contribution < 1.29 is 9.47 Å². The molecule has 0 spiro atoms. The Labute approximate surface area is 121 Å². The third-order valence-corrected chi connectivity index (χ3v) is 4.65. The van der Waals surface area contributed by atoms with Crippen molar-refractivity contribution in [2.75, 3.05) is 26.9 Å². The van der Waals surface area contributed by atoms with Gasteiger partial charge in [0.2, 0.25) is 0 Å². The molecule has 0 amide bonds. The van der Waals surface area contributed by atoms with E-state index < -0.39 is 0 Å². The van der Waals surface area contributed by atoms with E-state index >= 15 is 0 Å². The fourth-order valence-electron chi connectivity index (χ4n) is 3.31. The molecule has 1 saturated heterocycles. The van der Waals surface area contributed by atoms with Gasteiger partial charge in [0.15, 0.2) is 0 Å². The van der Waals surface area contributed by atoms with Gasteiger partial charge in [-0.15, -0.1) is 0 Å². The summed E-state index contributed by atoms with van der Waals surface area (Å²) in [6.45, 7) is 2.48. The Morgan fingerprint density at radius 1 is 1.30 bits per heavy atom. The molecule has 2 atom stereocenters. The first-order chi connectivity index (χ1) is 9.86. The predicted molar refractivity (Wildman–Crippen MR) is 80.4 cm³/mol. The van der Waals surface area contributed by atoms with Gasteiger partial charge in [0, 0.05) is 18.6 Å². The zero-order valence-electron chi connectivity index (χ0n) is 12.4. The van der Waals surface area contributed by atoms with Crippen molar-refractivity contribution in [2.45, 2.75) is 38.1 Å². The van der Waals surface area contributed by atoms with E-state index in [9.17, 15) is 0 Å². The van der Waals surface area contributed by atoms with Crippen LogP contribution in [0.15, 0.2) is 18.2 Å². The van der Waals surface area contributed by atoms with Gasteiger partial charge in [0.25, 0.3) is 0 Å². The summed E-state index contributed by atoms with van der Waals surface area (Å²) in [6.07, 6.45) is 6.22. The Bertz CT molecular complexity index is 441. The van der Waals surface area contributed by atoms with Crippen LogP contribution in [0.3, 0.4) is 0 Å². The number of hydrogen-bond acceptors (Lipinski definition) is 3. The van der Waals surface area contributed by atoms with Crippen LogP contribution in [0, 0.1) is 5.92 Å². The second kappa shape index (κ2) is 6.59. The van der Waals surface area contributed by atoms with Crippen molar-refractivity contribution in [3.8, 4) is 5.75 Å². The lowest BCUT2D eigenvalue weighted by molar-refractivity contribution is 0.162. The molecule has 1 aliphatic carbocycles. The Morgan fingerprint density at radius 3 is 2.90 bits per heavy atom. The van der Waals surface area contributed by atoms with E-state index in [1.165, 1.54) is 36.8 Å². The molecule has 1 N–H and O–H groups in total. The van der Waals surface area contributed by atoms with Crippen molar-refractivity contribution in [3.63, 3.8) is 0 Å². The molecule has 0 radical (unpaired) electrons. The van der Waals surface area contributed by atoms with Crippen LogP contribution < -0.4 is 10.1 Å². The van der Waals surface area contributed by atoms with Gasteiger partial charge in [-0.05, 0) is 62.4 Å². The molecule has 1 heterocycles. The van der Waals surface area contributed by atoms with Gasteiger partial charge in [-0.2, -0.15) is 0 Å². The molecule has 2 unspecified atom stereocenters. The molecule has 3 heteroatoms. The molecule has 1 fully saturated rings. The quantitative estimate of drug-likeness (QED) is 0.896. The third-order valence-electron chi connectivity index (χ3n) is 4.65. The molecule has 0 saturated carbocycles. The summed E-state index contributed by atoms with van der Waals surface area (Å²) >= 11 is 0. The highest BCUT2D eigenvalue weighted by molar-refractivity contribution is 5.37. The minimum absolute atomic E-state index is 0.383. The largest absolute Gasteiger partial charge is 0.492 e. The smallest absolute Gasteiger partial charge is 0.119 e. The molecule has 0 bridgehead atoms. The number of benzene rings is 1. The first kappa shape index (κ1) is 13.9. The summed E-state index contributed by atoms with van der Waals surface area (Å²) in [6, 6.07) is 7.00. The fourth-order valence-corrected chi connectivity index (χ4v) is 3.31. The molecule has 20 heavy (non-hydrogen) atoms. The lowest BCUT2D eigenvalue weighted by atomic mass is 9.92. The molecule has 1 aromatic carbocycles. The van der Waals surface area contributed by atoms with Gasteiger partial charge < -0.3 is 14.8 Å². The molecule has 1 aliphatic heterocycles. The summed E-state index contributed by atoms with van der Waals surface area (Å²) in [5.74, 6) is 1.60. The van der Waals surface area contributed by atoms with Crippen molar-refractivity contribution >= 4 is 0 Å². The van der Waals surface area contributed by atoms with Crippen molar-refractivity contribution in [3.05, 3.63) is 29.3 Å². The minimum atomic E-state index is 0.383. The maximum absolute atomic E-state index is 6.02. The normalized spacial score (nSPS) is 23.4. The van der Waals surface area contributed by atoms with E-state index in [1.54, 1.807) is 0 Å². The van der Waals surface area contributed by atoms with Crippen LogP contribution >= 0.6 is 0 Å². The van der Waals surface area contributed by atoms with E-state index in [0.29, 0.717) is 12.0 Å². The molecule has 2 aliphatic rings. The van der Waals surface area contributed by atoms with Crippen molar-refractivity contribution in [1.82, 2.24) is 5.32 Å². The van der Waals surface area contributed by atoms with Crippen LogP contribution in [0.1, 0.15) is 30.4 Å². The monoisotopic (exact) mass is 275 g/mol. The summed E-state index contributed by atoms with van der Waals surface area (Å²) < 4.78 is 11.5. The van der Waals surface area contributed by atoms with Gasteiger partial charge >= 0.3 is 0 Å². The van der Waals surface area contributed by atoms with Crippen LogP contribution in [-0.2, 0) is 17.6 Å². The van der Waals surface area contributed by atoms with Crippen LogP contribution in [0.5, 0.6) is 5.75 Å². The number of ether oxygens (including phenoxy) is 2. The summed E-state index contributed by atoms with van der Waals surface area (Å²) in [4.78, 5) is 0. The number of nitrogens with one attached hydrogen (secondary N) is 1. The van der Waals surface area contributed by atoms with Crippen LogP contribution in [0.4, 0.5) is 0 Å². The van der Waals surface area contributed by atoms with Gasteiger partial charge in [-0.3, -0.25) is 0 Å². The van der Waals surface area contributed by atoms with E-state index in [0.717, 1.165) is 32.0 Å². The Kier molecular flexibility index (Phi) is 4.58. The highest BCUT2D eigenvalue weighted by atomic mass is 16.5. The summed E-state index contributed by atoms with van der Waals surface area (Å²) in [5.41, 5.74) is 3.00. The van der Waals surface area contributed by atoms with Crippen LogP contribution in [-0.4, -0.2) is 32.9 Å². The number of fused-ring (bicyclic) bond motifs is 1. The lowest BCUT2D eigenvalue weighted by Crippen LogP contribution is -2.39. The van der Waals surface area contributed by atoms with Crippen LogP contribution in [0.25, 0.3) is 0 Å². The molecule has 3 nitrogen and oxygen atoms in total. The molecule has 1 aromatic rings. The highest BCUT2D eigenvalue weighted by Crippen LogP contribution is 2.26. The minimum Gasteiger partial charge on any atom is -0.492 e. The van der Waals surface area contributed by atoms with E-state index in [-0.39, 0.29) is 0 Å². The average molecular weight is 275 g/mol. The molecular weight excluding hydrogens is 250 g/mol. The van der Waals surface area contributed by atoms with Crippen molar-refractivity contribution in [1.29, 1.82) is 0 Å². The van der Waals surface area contributed by atoms with Gasteiger partial charge in [0.05, 0.1) is 6.61 Å². The van der Waals surface area contributed by atoms with Gasteiger partial charge in [0.1, 0.15) is 12.4 Å². The van der Waals surface area contributed by atoms with Gasteiger partial charge in [-0.25, -0.2) is 0 Å². The molecule has 0 aromatic heterocycles. The number of likely N-dealkylation sites (N-methyl/N-ethyl adjacent to an activating group) is 1. The first-order valence-electron chi connectivity index (χ1n) is 7.86. The SMILES string of the molecule is CNC(COc1ccc2c(c1)CCCC2)C1CCOC1. The molecular formula is C17H25NO2. The summed E-state index contributed by atoms with van der Waals surface area (Å²) in [5, 5.41) is 3.37.